The van der Waals surface area contributed by atoms with Gasteiger partial charge in [-0.25, -0.2) is 0 Å². The molecule has 0 aliphatic carbocycles. The summed E-state index contributed by atoms with van der Waals surface area (Å²) in [6, 6.07) is 4.01. The molecule has 0 heterocycles. The van der Waals surface area contributed by atoms with E-state index in [0.717, 1.165) is 5.56 Å². The van der Waals surface area contributed by atoms with Crippen LogP contribution in [-0.4, -0.2) is 20.3 Å². The van der Waals surface area contributed by atoms with E-state index in [0.29, 0.717) is 23.1 Å². The molecule has 94 valence electrons. The Morgan fingerprint density at radius 1 is 1.41 bits per heavy atom. The molecule has 0 fully saturated rings. The van der Waals surface area contributed by atoms with Crippen LogP contribution in [0.25, 0.3) is 0 Å². The highest BCUT2D eigenvalue weighted by Gasteiger charge is 2.12. The molecule has 4 heteroatoms. The number of ether oxygens (including phenoxy) is 2. The molecule has 0 amide bonds. The first-order valence-corrected chi connectivity index (χ1v) is 5.77. The van der Waals surface area contributed by atoms with Gasteiger partial charge in [-0.3, -0.25) is 0 Å². The molecule has 1 unspecified atom stereocenters. The third-order valence-corrected chi connectivity index (χ3v) is 2.95. The van der Waals surface area contributed by atoms with E-state index in [1.807, 2.05) is 25.1 Å². The zero-order valence-electron chi connectivity index (χ0n) is 10.4. The van der Waals surface area contributed by atoms with E-state index >= 15 is 0 Å². The maximum atomic E-state index is 6.25. The van der Waals surface area contributed by atoms with Crippen molar-refractivity contribution in [2.75, 3.05) is 14.2 Å². The van der Waals surface area contributed by atoms with Gasteiger partial charge in [0.05, 0.1) is 19.2 Å². The van der Waals surface area contributed by atoms with E-state index in [-0.39, 0.29) is 6.04 Å². The molecule has 0 spiro atoms. The first kappa shape index (κ1) is 13.9. The van der Waals surface area contributed by atoms with E-state index in [1.165, 1.54) is 0 Å². The molecule has 1 aromatic rings. The molecule has 0 saturated heterocycles. The first-order chi connectivity index (χ1) is 8.13. The lowest BCUT2D eigenvalue weighted by Gasteiger charge is -2.14. The summed E-state index contributed by atoms with van der Waals surface area (Å²) >= 11 is 6.25. The number of methoxy groups -OCH3 is 2. The van der Waals surface area contributed by atoms with Crippen molar-refractivity contribution >= 4 is 11.6 Å². The van der Waals surface area contributed by atoms with E-state index in [1.54, 1.807) is 14.2 Å². The van der Waals surface area contributed by atoms with Crippen molar-refractivity contribution in [2.45, 2.75) is 19.5 Å². The Kier molecular flexibility index (Phi) is 5.32. The van der Waals surface area contributed by atoms with E-state index in [9.17, 15) is 0 Å². The molecule has 1 rings (SSSR count). The van der Waals surface area contributed by atoms with Gasteiger partial charge in [0.2, 0.25) is 0 Å². The monoisotopic (exact) mass is 255 g/mol. The zero-order valence-corrected chi connectivity index (χ0v) is 11.2. The van der Waals surface area contributed by atoms with Gasteiger partial charge in [-0.15, -0.1) is 6.58 Å². The van der Waals surface area contributed by atoms with Crippen molar-refractivity contribution in [3.05, 3.63) is 35.4 Å². The van der Waals surface area contributed by atoms with Gasteiger partial charge >= 0.3 is 0 Å². The summed E-state index contributed by atoms with van der Waals surface area (Å²) in [6.07, 6.45) is 1.84. The molecule has 1 aromatic carbocycles. The third-order valence-electron chi connectivity index (χ3n) is 2.53. The average Bonchev–Trinajstić information content (AvgIpc) is 2.36. The molecule has 1 atom stereocenters. The Labute approximate surface area is 107 Å². The Morgan fingerprint density at radius 3 is 2.65 bits per heavy atom. The van der Waals surface area contributed by atoms with Crippen LogP contribution < -0.4 is 14.8 Å². The highest BCUT2D eigenvalue weighted by Crippen LogP contribution is 2.37. The molecule has 0 radical (unpaired) electrons. The van der Waals surface area contributed by atoms with Gasteiger partial charge in [-0.2, -0.15) is 0 Å². The summed E-state index contributed by atoms with van der Waals surface area (Å²) in [7, 11) is 3.17. The standard InChI is InChI=1S/C13H18ClNO2/c1-5-9(2)15-8-10-6-7-11(16-3)13(17-4)12(10)14/h5-7,9,15H,1,8H2,2-4H3. The second-order valence-electron chi connectivity index (χ2n) is 3.68. The van der Waals surface area contributed by atoms with Gasteiger partial charge in [0.1, 0.15) is 0 Å². The fraction of sp³-hybridized carbons (Fsp3) is 0.385. The fourth-order valence-corrected chi connectivity index (χ4v) is 1.72. The second-order valence-corrected chi connectivity index (χ2v) is 4.06. The SMILES string of the molecule is C=CC(C)NCc1ccc(OC)c(OC)c1Cl. The van der Waals surface area contributed by atoms with Crippen LogP contribution in [-0.2, 0) is 6.54 Å². The molecular weight excluding hydrogens is 238 g/mol. The predicted octanol–water partition coefficient (Wildman–Crippen LogP) is 3.02. The number of halogens is 1. The van der Waals surface area contributed by atoms with Gasteiger partial charge < -0.3 is 14.8 Å². The highest BCUT2D eigenvalue weighted by molar-refractivity contribution is 6.33. The second kappa shape index (κ2) is 6.52. The molecule has 0 aliphatic rings. The summed E-state index contributed by atoms with van der Waals surface area (Å²) in [5, 5.41) is 3.86. The van der Waals surface area contributed by atoms with Gasteiger partial charge in [-0.05, 0) is 18.6 Å². The van der Waals surface area contributed by atoms with Crippen LogP contribution in [0.5, 0.6) is 11.5 Å². The normalized spacial score (nSPS) is 12.0. The van der Waals surface area contributed by atoms with E-state index < -0.39 is 0 Å². The van der Waals surface area contributed by atoms with Crippen LogP contribution in [0.4, 0.5) is 0 Å². The molecule has 17 heavy (non-hydrogen) atoms. The average molecular weight is 256 g/mol. The molecule has 0 aliphatic heterocycles. The number of rotatable bonds is 6. The predicted molar refractivity (Wildman–Crippen MR) is 71.1 cm³/mol. The van der Waals surface area contributed by atoms with Crippen molar-refractivity contribution in [3.63, 3.8) is 0 Å². The summed E-state index contributed by atoms with van der Waals surface area (Å²) in [5.41, 5.74) is 0.970. The van der Waals surface area contributed by atoms with Crippen LogP contribution in [0.2, 0.25) is 5.02 Å². The van der Waals surface area contributed by atoms with Crippen molar-refractivity contribution < 1.29 is 9.47 Å². The summed E-state index contributed by atoms with van der Waals surface area (Å²) in [5.74, 6) is 1.21. The van der Waals surface area contributed by atoms with Crippen molar-refractivity contribution in [2.24, 2.45) is 0 Å². The molecule has 0 saturated carbocycles. The topological polar surface area (TPSA) is 30.5 Å². The quantitative estimate of drug-likeness (QED) is 0.793. The Hall–Kier alpha value is -1.19. The van der Waals surface area contributed by atoms with E-state index in [2.05, 4.69) is 11.9 Å². The molecule has 1 N–H and O–H groups in total. The number of hydrogen-bond acceptors (Lipinski definition) is 3. The Balaban J connectivity index is 2.90. The van der Waals surface area contributed by atoms with Crippen LogP contribution in [0.3, 0.4) is 0 Å². The summed E-state index contributed by atoms with van der Waals surface area (Å²) in [6.45, 7) is 6.40. The Bertz CT molecular complexity index is 393. The van der Waals surface area contributed by atoms with Gasteiger partial charge in [0.15, 0.2) is 11.5 Å². The largest absolute Gasteiger partial charge is 0.493 e. The number of benzene rings is 1. The van der Waals surface area contributed by atoms with Crippen LogP contribution in [0, 0.1) is 0 Å². The Morgan fingerprint density at radius 2 is 2.12 bits per heavy atom. The van der Waals surface area contributed by atoms with Crippen LogP contribution in [0.15, 0.2) is 24.8 Å². The van der Waals surface area contributed by atoms with E-state index in [4.69, 9.17) is 21.1 Å². The van der Waals surface area contributed by atoms with Gasteiger partial charge in [-0.1, -0.05) is 23.7 Å². The van der Waals surface area contributed by atoms with Crippen LogP contribution in [0.1, 0.15) is 12.5 Å². The van der Waals surface area contributed by atoms with Gasteiger partial charge in [0.25, 0.3) is 0 Å². The number of hydrogen-bond donors (Lipinski definition) is 1. The maximum absolute atomic E-state index is 6.25. The summed E-state index contributed by atoms with van der Waals surface area (Å²) < 4.78 is 10.4. The van der Waals surface area contributed by atoms with Crippen molar-refractivity contribution in [1.82, 2.24) is 5.32 Å². The lowest BCUT2D eigenvalue weighted by molar-refractivity contribution is 0.354. The van der Waals surface area contributed by atoms with Gasteiger partial charge in [0, 0.05) is 12.6 Å². The smallest absolute Gasteiger partial charge is 0.179 e. The highest BCUT2D eigenvalue weighted by atomic mass is 35.5. The first-order valence-electron chi connectivity index (χ1n) is 5.39. The lowest BCUT2D eigenvalue weighted by atomic mass is 10.2. The molecule has 0 bridgehead atoms. The minimum atomic E-state index is 0.235. The zero-order chi connectivity index (χ0) is 12.8. The summed E-state index contributed by atoms with van der Waals surface area (Å²) in [4.78, 5) is 0. The van der Waals surface area contributed by atoms with Crippen molar-refractivity contribution in [1.29, 1.82) is 0 Å². The lowest BCUT2D eigenvalue weighted by Crippen LogP contribution is -2.23. The molecule has 0 aromatic heterocycles. The molecule has 3 nitrogen and oxygen atoms in total. The van der Waals surface area contributed by atoms with Crippen LogP contribution >= 0.6 is 11.6 Å². The number of nitrogens with one attached hydrogen (secondary N) is 1. The fourth-order valence-electron chi connectivity index (χ4n) is 1.42. The van der Waals surface area contributed by atoms with Crippen molar-refractivity contribution in [3.8, 4) is 11.5 Å². The minimum absolute atomic E-state index is 0.235. The molecular formula is C13H18ClNO2. The maximum Gasteiger partial charge on any atom is 0.179 e. The third kappa shape index (κ3) is 3.38. The minimum Gasteiger partial charge on any atom is -0.493 e.